The van der Waals surface area contributed by atoms with E-state index in [1.165, 1.54) is 11.1 Å². The molecule has 0 saturated carbocycles. The number of carbonyl (C=O) groups is 1. The maximum Gasteiger partial charge on any atom is 0.356 e. The summed E-state index contributed by atoms with van der Waals surface area (Å²) in [6, 6.07) is 8.15. The number of aromatic carboxylic acids is 1. The van der Waals surface area contributed by atoms with Gasteiger partial charge in [0.05, 0.1) is 6.54 Å². The SMILES string of the molecule is Cc1ccccc1Cn1nc(C(=O)O)c2c1CCC2. The predicted octanol–water partition coefficient (Wildman–Crippen LogP) is 2.43. The van der Waals surface area contributed by atoms with Gasteiger partial charge >= 0.3 is 5.97 Å². The Morgan fingerprint density at radius 3 is 2.89 bits per heavy atom. The van der Waals surface area contributed by atoms with Gasteiger partial charge in [-0.3, -0.25) is 4.68 Å². The summed E-state index contributed by atoms with van der Waals surface area (Å²) >= 11 is 0. The lowest BCUT2D eigenvalue weighted by atomic mass is 10.1. The van der Waals surface area contributed by atoms with Crippen molar-refractivity contribution in [3.63, 3.8) is 0 Å². The van der Waals surface area contributed by atoms with Crippen molar-refractivity contribution in [1.82, 2.24) is 9.78 Å². The van der Waals surface area contributed by atoms with Crippen LogP contribution in [0, 0.1) is 6.92 Å². The fourth-order valence-corrected chi connectivity index (χ4v) is 2.76. The summed E-state index contributed by atoms with van der Waals surface area (Å²) in [5, 5.41) is 13.5. The molecule has 0 atom stereocenters. The number of hydrogen-bond donors (Lipinski definition) is 1. The van der Waals surface area contributed by atoms with E-state index in [1.54, 1.807) is 0 Å². The summed E-state index contributed by atoms with van der Waals surface area (Å²) in [5.74, 6) is -0.915. The summed E-state index contributed by atoms with van der Waals surface area (Å²) in [7, 11) is 0. The second-order valence-electron chi connectivity index (χ2n) is 5.02. The molecule has 1 aromatic carbocycles. The Labute approximate surface area is 111 Å². The zero-order valence-electron chi connectivity index (χ0n) is 10.9. The van der Waals surface area contributed by atoms with Crippen molar-refractivity contribution in [2.24, 2.45) is 0 Å². The summed E-state index contributed by atoms with van der Waals surface area (Å²) in [6.45, 7) is 2.72. The van der Waals surface area contributed by atoms with Crippen LogP contribution in [-0.4, -0.2) is 20.9 Å². The van der Waals surface area contributed by atoms with Crippen LogP contribution < -0.4 is 0 Å². The minimum atomic E-state index is -0.915. The van der Waals surface area contributed by atoms with E-state index in [9.17, 15) is 9.90 Å². The van der Waals surface area contributed by atoms with Crippen molar-refractivity contribution >= 4 is 5.97 Å². The van der Waals surface area contributed by atoms with Crippen LogP contribution in [0.1, 0.15) is 39.3 Å². The highest BCUT2D eigenvalue weighted by atomic mass is 16.4. The molecule has 3 rings (SSSR count). The van der Waals surface area contributed by atoms with Gasteiger partial charge in [0.15, 0.2) is 5.69 Å². The molecule has 0 unspecified atom stereocenters. The number of aromatic nitrogens is 2. The largest absolute Gasteiger partial charge is 0.476 e. The fourth-order valence-electron chi connectivity index (χ4n) is 2.76. The lowest BCUT2D eigenvalue weighted by Gasteiger charge is -2.08. The van der Waals surface area contributed by atoms with E-state index >= 15 is 0 Å². The standard InChI is InChI=1S/C15H16N2O2/c1-10-5-2-3-6-11(10)9-17-13-8-4-7-12(13)14(16-17)15(18)19/h2-3,5-6H,4,7-9H2,1H3,(H,18,19). The molecule has 98 valence electrons. The quantitative estimate of drug-likeness (QED) is 0.917. The third kappa shape index (κ3) is 2.03. The van der Waals surface area contributed by atoms with E-state index < -0.39 is 5.97 Å². The zero-order valence-corrected chi connectivity index (χ0v) is 10.9. The summed E-state index contributed by atoms with van der Waals surface area (Å²) in [5.41, 5.74) is 4.67. The van der Waals surface area contributed by atoms with Crippen molar-refractivity contribution in [3.8, 4) is 0 Å². The molecule has 19 heavy (non-hydrogen) atoms. The Balaban J connectivity index is 2.01. The van der Waals surface area contributed by atoms with Gasteiger partial charge in [0.25, 0.3) is 0 Å². The molecule has 0 spiro atoms. The highest BCUT2D eigenvalue weighted by Gasteiger charge is 2.25. The number of aryl methyl sites for hydroxylation is 1. The minimum Gasteiger partial charge on any atom is -0.476 e. The number of carboxylic acids is 1. The number of fused-ring (bicyclic) bond motifs is 1. The average Bonchev–Trinajstić information content (AvgIpc) is 2.95. The molecule has 1 aliphatic rings. The molecule has 2 aromatic rings. The van der Waals surface area contributed by atoms with E-state index in [0.29, 0.717) is 6.54 Å². The molecule has 0 saturated heterocycles. The predicted molar refractivity (Wildman–Crippen MR) is 71.5 cm³/mol. The van der Waals surface area contributed by atoms with E-state index in [-0.39, 0.29) is 5.69 Å². The van der Waals surface area contributed by atoms with Crippen molar-refractivity contribution in [1.29, 1.82) is 0 Å². The molecule has 0 bridgehead atoms. The van der Waals surface area contributed by atoms with Crippen LogP contribution in [0.2, 0.25) is 0 Å². The Morgan fingerprint density at radius 1 is 1.37 bits per heavy atom. The van der Waals surface area contributed by atoms with Gasteiger partial charge < -0.3 is 5.11 Å². The molecule has 1 aromatic heterocycles. The van der Waals surface area contributed by atoms with Crippen LogP contribution in [0.4, 0.5) is 0 Å². The Kier molecular flexibility index (Phi) is 2.85. The lowest BCUT2D eigenvalue weighted by Crippen LogP contribution is -2.08. The smallest absolute Gasteiger partial charge is 0.356 e. The second-order valence-corrected chi connectivity index (χ2v) is 5.02. The highest BCUT2D eigenvalue weighted by Crippen LogP contribution is 2.26. The first-order valence-electron chi connectivity index (χ1n) is 6.53. The van der Waals surface area contributed by atoms with Crippen LogP contribution in [0.15, 0.2) is 24.3 Å². The van der Waals surface area contributed by atoms with Crippen LogP contribution in [0.3, 0.4) is 0 Å². The van der Waals surface area contributed by atoms with E-state index in [0.717, 1.165) is 30.5 Å². The molecule has 1 N–H and O–H groups in total. The van der Waals surface area contributed by atoms with Crippen LogP contribution in [-0.2, 0) is 19.4 Å². The minimum absolute atomic E-state index is 0.237. The number of nitrogens with zero attached hydrogens (tertiary/aromatic N) is 2. The first-order chi connectivity index (χ1) is 9.16. The van der Waals surface area contributed by atoms with Gasteiger partial charge in [0.1, 0.15) is 0 Å². The van der Waals surface area contributed by atoms with Crippen molar-refractivity contribution < 1.29 is 9.90 Å². The van der Waals surface area contributed by atoms with Gasteiger partial charge in [-0.25, -0.2) is 4.79 Å². The maximum atomic E-state index is 11.2. The summed E-state index contributed by atoms with van der Waals surface area (Å²) < 4.78 is 1.87. The molecule has 0 aliphatic heterocycles. The number of rotatable bonds is 3. The molecular weight excluding hydrogens is 240 g/mol. The van der Waals surface area contributed by atoms with E-state index in [2.05, 4.69) is 24.2 Å². The van der Waals surface area contributed by atoms with Gasteiger partial charge in [0.2, 0.25) is 0 Å². The highest BCUT2D eigenvalue weighted by molar-refractivity contribution is 5.87. The molecule has 1 aliphatic carbocycles. The van der Waals surface area contributed by atoms with Crippen molar-refractivity contribution in [2.75, 3.05) is 0 Å². The first-order valence-corrected chi connectivity index (χ1v) is 6.53. The summed E-state index contributed by atoms with van der Waals surface area (Å²) in [4.78, 5) is 11.2. The molecule has 4 nitrogen and oxygen atoms in total. The molecule has 4 heteroatoms. The Hall–Kier alpha value is -2.10. The van der Waals surface area contributed by atoms with Gasteiger partial charge in [-0.1, -0.05) is 24.3 Å². The van der Waals surface area contributed by atoms with Crippen molar-refractivity contribution in [3.05, 3.63) is 52.3 Å². The lowest BCUT2D eigenvalue weighted by molar-refractivity contribution is 0.0688. The topological polar surface area (TPSA) is 55.1 Å². The Bertz CT molecular complexity index is 644. The molecular formula is C15H16N2O2. The third-order valence-electron chi connectivity index (χ3n) is 3.79. The monoisotopic (exact) mass is 256 g/mol. The first kappa shape index (κ1) is 12.0. The van der Waals surface area contributed by atoms with Gasteiger partial charge in [0, 0.05) is 11.3 Å². The average molecular weight is 256 g/mol. The van der Waals surface area contributed by atoms with Gasteiger partial charge in [-0.15, -0.1) is 0 Å². The van der Waals surface area contributed by atoms with Crippen molar-refractivity contribution in [2.45, 2.75) is 32.7 Å². The number of carboxylic acid groups (broad SMARTS) is 1. The molecule has 0 fully saturated rings. The molecule has 0 amide bonds. The van der Waals surface area contributed by atoms with Crippen LogP contribution >= 0.6 is 0 Å². The maximum absolute atomic E-state index is 11.2. The van der Waals surface area contributed by atoms with E-state index in [1.807, 2.05) is 16.8 Å². The van der Waals surface area contributed by atoms with Crippen LogP contribution in [0.5, 0.6) is 0 Å². The third-order valence-corrected chi connectivity index (χ3v) is 3.79. The second kappa shape index (κ2) is 4.53. The zero-order chi connectivity index (χ0) is 13.4. The fraction of sp³-hybridized carbons (Fsp3) is 0.333. The van der Waals surface area contributed by atoms with Crippen LogP contribution in [0.25, 0.3) is 0 Å². The molecule has 0 radical (unpaired) electrons. The molecule has 1 heterocycles. The number of benzene rings is 1. The Morgan fingerprint density at radius 2 is 2.16 bits per heavy atom. The van der Waals surface area contributed by atoms with Gasteiger partial charge in [-0.2, -0.15) is 5.10 Å². The van der Waals surface area contributed by atoms with Gasteiger partial charge in [-0.05, 0) is 37.3 Å². The summed E-state index contributed by atoms with van der Waals surface area (Å²) in [6.07, 6.45) is 2.80. The normalized spacial score (nSPS) is 13.5. The number of hydrogen-bond acceptors (Lipinski definition) is 2. The van der Waals surface area contributed by atoms with E-state index in [4.69, 9.17) is 0 Å².